The summed E-state index contributed by atoms with van der Waals surface area (Å²) in [7, 11) is 0. The Bertz CT molecular complexity index is 274. The number of rotatable bonds is 5. The Kier molecular flexibility index (Phi) is 6.02. The molecule has 0 aromatic carbocycles. The lowest BCUT2D eigenvalue weighted by Crippen LogP contribution is -2.38. The predicted octanol–water partition coefficient (Wildman–Crippen LogP) is 3.74. The number of hydrogen-bond acceptors (Lipinski definition) is 1. The van der Waals surface area contributed by atoms with Crippen LogP contribution in [0.25, 0.3) is 0 Å². The smallest absolute Gasteiger partial charge is 0.248 e. The van der Waals surface area contributed by atoms with Gasteiger partial charge in [0.15, 0.2) is 0 Å². The highest BCUT2D eigenvalue weighted by atomic mass is 79.9. The third-order valence-corrected chi connectivity index (χ3v) is 4.01. The van der Waals surface area contributed by atoms with Crippen LogP contribution in [0.3, 0.4) is 0 Å². The van der Waals surface area contributed by atoms with Crippen molar-refractivity contribution in [3.63, 3.8) is 0 Å². The van der Waals surface area contributed by atoms with Crippen LogP contribution in [-0.4, -0.2) is 23.2 Å². The second-order valence-corrected chi connectivity index (χ2v) is 6.90. The zero-order chi connectivity index (χ0) is 13.8. The van der Waals surface area contributed by atoms with E-state index in [9.17, 15) is 13.6 Å². The Hall–Kier alpha value is -0.190. The molecule has 2 nitrogen and oxygen atoms in total. The first-order valence-corrected chi connectivity index (χ1v) is 7.51. The van der Waals surface area contributed by atoms with Gasteiger partial charge in [0.05, 0.1) is 0 Å². The molecule has 1 aliphatic carbocycles. The summed E-state index contributed by atoms with van der Waals surface area (Å²) >= 11 is 3.51. The molecule has 18 heavy (non-hydrogen) atoms. The molecule has 0 aromatic rings. The fourth-order valence-corrected chi connectivity index (χ4v) is 3.16. The van der Waals surface area contributed by atoms with Gasteiger partial charge < -0.3 is 5.32 Å². The third kappa shape index (κ3) is 5.63. The number of hydrogen-bond donors (Lipinski definition) is 1. The standard InChI is InChI=1S/C13H22BrF2NO/c1-9(2)7-11(14)8-17-12(18)10-3-5-13(15,16)6-4-10/h9-11H,3-8H2,1-2H3,(H,17,18). The molecule has 1 amide bonds. The molecule has 5 heteroatoms. The molecule has 1 saturated carbocycles. The zero-order valence-corrected chi connectivity index (χ0v) is 12.6. The lowest BCUT2D eigenvalue weighted by atomic mass is 9.86. The van der Waals surface area contributed by atoms with Crippen molar-refractivity contribution in [3.05, 3.63) is 0 Å². The molecule has 0 bridgehead atoms. The van der Waals surface area contributed by atoms with E-state index in [2.05, 4.69) is 35.1 Å². The van der Waals surface area contributed by atoms with Gasteiger partial charge >= 0.3 is 0 Å². The first-order valence-electron chi connectivity index (χ1n) is 6.60. The first-order chi connectivity index (χ1) is 8.30. The highest BCUT2D eigenvalue weighted by Crippen LogP contribution is 2.36. The number of halogens is 3. The fourth-order valence-electron chi connectivity index (χ4n) is 2.25. The number of amides is 1. The van der Waals surface area contributed by atoms with E-state index in [1.54, 1.807) is 0 Å². The number of carbonyl (C=O) groups is 1. The normalized spacial score (nSPS) is 21.9. The second-order valence-electron chi connectivity index (χ2n) is 5.60. The maximum absolute atomic E-state index is 13.0. The minimum absolute atomic E-state index is 0.0706. The lowest BCUT2D eigenvalue weighted by Gasteiger charge is -2.27. The summed E-state index contributed by atoms with van der Waals surface area (Å²) in [6.45, 7) is 4.82. The van der Waals surface area contributed by atoms with Crippen molar-refractivity contribution in [2.24, 2.45) is 11.8 Å². The maximum atomic E-state index is 13.0. The Morgan fingerprint density at radius 2 is 1.94 bits per heavy atom. The molecule has 0 saturated heterocycles. The van der Waals surface area contributed by atoms with Gasteiger partial charge in [0.2, 0.25) is 11.8 Å². The summed E-state index contributed by atoms with van der Waals surface area (Å²) in [5.41, 5.74) is 0. The number of carbonyl (C=O) groups excluding carboxylic acids is 1. The van der Waals surface area contributed by atoms with Crippen molar-refractivity contribution in [2.45, 2.75) is 56.7 Å². The van der Waals surface area contributed by atoms with Gasteiger partial charge in [0.25, 0.3) is 0 Å². The third-order valence-electron chi connectivity index (χ3n) is 3.31. The van der Waals surface area contributed by atoms with Crippen LogP contribution in [-0.2, 0) is 4.79 Å². The van der Waals surface area contributed by atoms with E-state index >= 15 is 0 Å². The molecule has 0 heterocycles. The molecule has 1 unspecified atom stereocenters. The lowest BCUT2D eigenvalue weighted by molar-refractivity contribution is -0.129. The van der Waals surface area contributed by atoms with Crippen LogP contribution in [0.5, 0.6) is 0 Å². The van der Waals surface area contributed by atoms with Crippen LogP contribution in [0.15, 0.2) is 0 Å². The Morgan fingerprint density at radius 3 is 2.44 bits per heavy atom. The zero-order valence-electron chi connectivity index (χ0n) is 11.0. The van der Waals surface area contributed by atoms with E-state index in [-0.39, 0.29) is 29.5 Å². The van der Waals surface area contributed by atoms with E-state index in [1.807, 2.05) is 0 Å². The average Bonchev–Trinajstić information content (AvgIpc) is 2.25. The van der Waals surface area contributed by atoms with Gasteiger partial charge in [-0.15, -0.1) is 0 Å². The SMILES string of the molecule is CC(C)CC(Br)CNC(=O)C1CCC(F)(F)CC1. The van der Waals surface area contributed by atoms with Gasteiger partial charge in [-0.1, -0.05) is 29.8 Å². The minimum Gasteiger partial charge on any atom is -0.355 e. The van der Waals surface area contributed by atoms with Crippen LogP contribution >= 0.6 is 15.9 Å². The molecular formula is C13H22BrF2NO. The molecule has 0 spiro atoms. The molecule has 1 rings (SSSR count). The van der Waals surface area contributed by atoms with Crippen LogP contribution in [0, 0.1) is 11.8 Å². The van der Waals surface area contributed by atoms with Gasteiger partial charge in [0, 0.05) is 30.1 Å². The molecule has 1 atom stereocenters. The van der Waals surface area contributed by atoms with Crippen LogP contribution in [0.2, 0.25) is 0 Å². The number of nitrogens with one attached hydrogen (secondary N) is 1. The van der Waals surface area contributed by atoms with Crippen molar-refractivity contribution in [1.82, 2.24) is 5.32 Å². The Balaban J connectivity index is 2.25. The predicted molar refractivity (Wildman–Crippen MR) is 72.1 cm³/mol. The Labute approximate surface area is 116 Å². The molecule has 1 aliphatic rings. The summed E-state index contributed by atoms with van der Waals surface area (Å²) in [6, 6.07) is 0. The molecule has 0 radical (unpaired) electrons. The van der Waals surface area contributed by atoms with E-state index < -0.39 is 5.92 Å². The summed E-state index contributed by atoms with van der Waals surface area (Å²) in [5.74, 6) is -2.30. The monoisotopic (exact) mass is 325 g/mol. The largest absolute Gasteiger partial charge is 0.355 e. The summed E-state index contributed by atoms with van der Waals surface area (Å²) in [4.78, 5) is 12.1. The van der Waals surface area contributed by atoms with Gasteiger partial charge in [-0.25, -0.2) is 8.78 Å². The molecular weight excluding hydrogens is 304 g/mol. The molecule has 106 valence electrons. The first kappa shape index (κ1) is 15.9. The molecule has 0 aliphatic heterocycles. The molecule has 0 aromatic heterocycles. The van der Waals surface area contributed by atoms with Crippen LogP contribution in [0.1, 0.15) is 46.0 Å². The molecule has 1 fully saturated rings. The van der Waals surface area contributed by atoms with Gasteiger partial charge in [-0.05, 0) is 25.2 Å². The fraction of sp³-hybridized carbons (Fsp3) is 0.923. The van der Waals surface area contributed by atoms with E-state index in [0.29, 0.717) is 25.3 Å². The van der Waals surface area contributed by atoms with Crippen molar-refractivity contribution < 1.29 is 13.6 Å². The minimum atomic E-state index is -2.56. The number of alkyl halides is 3. The van der Waals surface area contributed by atoms with Crippen LogP contribution in [0.4, 0.5) is 8.78 Å². The van der Waals surface area contributed by atoms with E-state index in [4.69, 9.17) is 0 Å². The van der Waals surface area contributed by atoms with E-state index in [1.165, 1.54) is 0 Å². The van der Waals surface area contributed by atoms with Crippen molar-refractivity contribution in [2.75, 3.05) is 6.54 Å². The summed E-state index contributed by atoms with van der Waals surface area (Å²) in [5, 5.41) is 2.85. The average molecular weight is 326 g/mol. The summed E-state index contributed by atoms with van der Waals surface area (Å²) in [6.07, 6.45) is 1.28. The molecule has 1 N–H and O–H groups in total. The highest BCUT2D eigenvalue weighted by Gasteiger charge is 2.37. The van der Waals surface area contributed by atoms with Crippen LogP contribution < -0.4 is 5.32 Å². The van der Waals surface area contributed by atoms with Gasteiger partial charge in [-0.2, -0.15) is 0 Å². The van der Waals surface area contributed by atoms with Crippen molar-refractivity contribution in [1.29, 1.82) is 0 Å². The second kappa shape index (κ2) is 6.83. The summed E-state index contributed by atoms with van der Waals surface area (Å²) < 4.78 is 25.9. The highest BCUT2D eigenvalue weighted by molar-refractivity contribution is 9.09. The van der Waals surface area contributed by atoms with Gasteiger partial charge in [0.1, 0.15) is 0 Å². The van der Waals surface area contributed by atoms with E-state index in [0.717, 1.165) is 6.42 Å². The van der Waals surface area contributed by atoms with Crippen molar-refractivity contribution >= 4 is 21.8 Å². The quantitative estimate of drug-likeness (QED) is 0.766. The van der Waals surface area contributed by atoms with Gasteiger partial charge in [-0.3, -0.25) is 4.79 Å². The maximum Gasteiger partial charge on any atom is 0.248 e. The van der Waals surface area contributed by atoms with Crippen molar-refractivity contribution in [3.8, 4) is 0 Å². The topological polar surface area (TPSA) is 29.1 Å². The Morgan fingerprint density at radius 1 is 1.39 bits per heavy atom.